The summed E-state index contributed by atoms with van der Waals surface area (Å²) in [7, 11) is 1.86. The molecule has 0 amide bonds. The molecule has 48 valence electrons. The van der Waals surface area contributed by atoms with E-state index in [9.17, 15) is 0 Å². The summed E-state index contributed by atoms with van der Waals surface area (Å²) in [5, 5.41) is 2.87. The van der Waals surface area contributed by atoms with Crippen LogP contribution in [-0.2, 0) is 4.74 Å². The molecule has 0 rings (SSSR count). The second-order valence-corrected chi connectivity index (χ2v) is 1.35. The van der Waals surface area contributed by atoms with Crippen molar-refractivity contribution in [3.8, 4) is 0 Å². The first-order chi connectivity index (χ1) is 3.91. The van der Waals surface area contributed by atoms with Gasteiger partial charge in [0.1, 0.15) is 0 Å². The fourth-order valence-corrected chi connectivity index (χ4v) is 0.352. The van der Waals surface area contributed by atoms with Gasteiger partial charge in [0.15, 0.2) is 0 Å². The molecular weight excluding hydrogens is 102 g/mol. The predicted octanol–water partition coefficient (Wildman–Crippen LogP) is 0.756. The highest BCUT2D eigenvalue weighted by atomic mass is 16.5. The Bertz CT molecular complexity index is 61.5. The number of hydrogen-bond donors (Lipinski definition) is 1. The SMILES string of the molecule is CCOCC=CNC. The second kappa shape index (κ2) is 6.50. The van der Waals surface area contributed by atoms with Crippen LogP contribution in [0.2, 0.25) is 0 Å². The molecule has 0 unspecified atom stereocenters. The van der Waals surface area contributed by atoms with Crippen LogP contribution in [-0.4, -0.2) is 20.3 Å². The van der Waals surface area contributed by atoms with Crippen molar-refractivity contribution in [1.82, 2.24) is 5.32 Å². The van der Waals surface area contributed by atoms with Crippen molar-refractivity contribution in [3.63, 3.8) is 0 Å². The van der Waals surface area contributed by atoms with E-state index in [2.05, 4.69) is 5.32 Å². The number of nitrogens with one attached hydrogen (secondary N) is 1. The summed E-state index contributed by atoms with van der Waals surface area (Å²) < 4.78 is 5.01. The Morgan fingerprint density at radius 3 is 2.88 bits per heavy atom. The summed E-state index contributed by atoms with van der Waals surface area (Å²) in [6, 6.07) is 0. The zero-order chi connectivity index (χ0) is 6.24. The molecule has 0 aromatic carbocycles. The molecule has 0 spiro atoms. The monoisotopic (exact) mass is 115 g/mol. The maximum absolute atomic E-state index is 5.01. The first-order valence-electron chi connectivity index (χ1n) is 2.81. The minimum Gasteiger partial charge on any atom is -0.394 e. The Morgan fingerprint density at radius 1 is 1.62 bits per heavy atom. The zero-order valence-corrected chi connectivity index (χ0v) is 5.48. The van der Waals surface area contributed by atoms with Gasteiger partial charge >= 0.3 is 0 Å². The van der Waals surface area contributed by atoms with Crippen molar-refractivity contribution in [2.45, 2.75) is 6.92 Å². The maximum Gasteiger partial charge on any atom is 0.0664 e. The molecule has 0 aromatic rings. The largest absolute Gasteiger partial charge is 0.394 e. The molecule has 1 N–H and O–H groups in total. The second-order valence-electron chi connectivity index (χ2n) is 1.35. The van der Waals surface area contributed by atoms with Crippen molar-refractivity contribution >= 4 is 0 Å². The molecule has 0 radical (unpaired) electrons. The third kappa shape index (κ3) is 5.50. The maximum atomic E-state index is 5.01. The van der Waals surface area contributed by atoms with Crippen LogP contribution in [0.5, 0.6) is 0 Å². The lowest BCUT2D eigenvalue weighted by atomic mass is 10.6. The average Bonchev–Trinajstić information content (AvgIpc) is 1.81. The summed E-state index contributed by atoms with van der Waals surface area (Å²) in [4.78, 5) is 0. The quantitative estimate of drug-likeness (QED) is 0.546. The van der Waals surface area contributed by atoms with Crippen LogP contribution in [0.15, 0.2) is 12.3 Å². The van der Waals surface area contributed by atoms with Crippen molar-refractivity contribution in [2.24, 2.45) is 0 Å². The third-order valence-corrected chi connectivity index (χ3v) is 0.703. The molecule has 0 fully saturated rings. The Morgan fingerprint density at radius 2 is 2.38 bits per heavy atom. The van der Waals surface area contributed by atoms with Crippen molar-refractivity contribution < 1.29 is 4.74 Å². The molecule has 8 heavy (non-hydrogen) atoms. The fraction of sp³-hybridized carbons (Fsp3) is 0.667. The Hall–Kier alpha value is -0.500. The van der Waals surface area contributed by atoms with E-state index in [1.807, 2.05) is 26.2 Å². The van der Waals surface area contributed by atoms with E-state index in [0.717, 1.165) is 6.61 Å². The van der Waals surface area contributed by atoms with Gasteiger partial charge < -0.3 is 10.1 Å². The highest BCUT2D eigenvalue weighted by molar-refractivity contribution is 4.76. The lowest BCUT2D eigenvalue weighted by molar-refractivity contribution is 0.177. The molecule has 0 atom stereocenters. The lowest BCUT2D eigenvalue weighted by Crippen LogP contribution is -1.94. The van der Waals surface area contributed by atoms with Gasteiger partial charge in [0.05, 0.1) is 6.61 Å². The van der Waals surface area contributed by atoms with Crippen molar-refractivity contribution in [2.75, 3.05) is 20.3 Å². The fourth-order valence-electron chi connectivity index (χ4n) is 0.352. The molecule has 0 aliphatic heterocycles. The molecule has 0 aliphatic carbocycles. The highest BCUT2D eigenvalue weighted by Gasteiger charge is 1.71. The molecule has 0 heterocycles. The Labute approximate surface area is 50.5 Å². The van der Waals surface area contributed by atoms with Gasteiger partial charge in [0.2, 0.25) is 0 Å². The molecule has 2 nitrogen and oxygen atoms in total. The molecule has 0 aromatic heterocycles. The summed E-state index contributed by atoms with van der Waals surface area (Å²) in [5.74, 6) is 0. The van der Waals surface area contributed by atoms with Crippen LogP contribution < -0.4 is 5.32 Å². The van der Waals surface area contributed by atoms with E-state index in [1.54, 1.807) is 0 Å². The third-order valence-electron chi connectivity index (χ3n) is 0.703. The predicted molar refractivity (Wildman–Crippen MR) is 34.7 cm³/mol. The van der Waals surface area contributed by atoms with E-state index in [-0.39, 0.29) is 0 Å². The summed E-state index contributed by atoms with van der Waals surface area (Å²) in [5.41, 5.74) is 0. The van der Waals surface area contributed by atoms with Crippen LogP contribution in [0.3, 0.4) is 0 Å². The van der Waals surface area contributed by atoms with Crippen molar-refractivity contribution in [3.05, 3.63) is 12.3 Å². The highest BCUT2D eigenvalue weighted by Crippen LogP contribution is 1.72. The summed E-state index contributed by atoms with van der Waals surface area (Å²) in [6.45, 7) is 3.47. The van der Waals surface area contributed by atoms with Crippen molar-refractivity contribution in [1.29, 1.82) is 0 Å². The topological polar surface area (TPSA) is 21.3 Å². The van der Waals surface area contributed by atoms with Gasteiger partial charge in [-0.05, 0) is 19.2 Å². The zero-order valence-electron chi connectivity index (χ0n) is 5.48. The number of rotatable bonds is 4. The molecule has 2 heteroatoms. The molecule has 0 saturated carbocycles. The van der Waals surface area contributed by atoms with Gasteiger partial charge in [-0.15, -0.1) is 0 Å². The van der Waals surface area contributed by atoms with E-state index in [0.29, 0.717) is 6.61 Å². The van der Waals surface area contributed by atoms with E-state index in [4.69, 9.17) is 4.74 Å². The van der Waals surface area contributed by atoms with Gasteiger partial charge in [-0.25, -0.2) is 0 Å². The number of ether oxygens (including phenoxy) is 1. The summed E-state index contributed by atoms with van der Waals surface area (Å²) >= 11 is 0. The van der Waals surface area contributed by atoms with Crippen LogP contribution in [0.4, 0.5) is 0 Å². The van der Waals surface area contributed by atoms with Gasteiger partial charge in [-0.2, -0.15) is 0 Å². The summed E-state index contributed by atoms with van der Waals surface area (Å²) in [6.07, 6.45) is 3.79. The van der Waals surface area contributed by atoms with Gasteiger partial charge in [0, 0.05) is 13.7 Å². The molecule has 0 bridgehead atoms. The van der Waals surface area contributed by atoms with Crippen LogP contribution in [0, 0.1) is 0 Å². The minimum atomic E-state index is 0.706. The standard InChI is InChI=1S/C6H13NO/c1-3-8-6-4-5-7-2/h4-5,7H,3,6H2,1-2H3. The molecule has 0 aliphatic rings. The van der Waals surface area contributed by atoms with Gasteiger partial charge in [-0.1, -0.05) is 0 Å². The normalized spacial score (nSPS) is 10.2. The molecule has 0 saturated heterocycles. The van der Waals surface area contributed by atoms with E-state index < -0.39 is 0 Å². The van der Waals surface area contributed by atoms with E-state index in [1.165, 1.54) is 0 Å². The Balaban J connectivity index is 2.80. The van der Waals surface area contributed by atoms with Crippen LogP contribution >= 0.6 is 0 Å². The average molecular weight is 115 g/mol. The lowest BCUT2D eigenvalue weighted by Gasteiger charge is -1.91. The van der Waals surface area contributed by atoms with E-state index >= 15 is 0 Å². The molecular formula is C6H13NO. The Kier molecular flexibility index (Phi) is 6.09. The first kappa shape index (κ1) is 7.50. The van der Waals surface area contributed by atoms with Crippen LogP contribution in [0.1, 0.15) is 6.92 Å². The minimum absolute atomic E-state index is 0.706. The number of hydrogen-bond acceptors (Lipinski definition) is 2. The van der Waals surface area contributed by atoms with Crippen LogP contribution in [0.25, 0.3) is 0 Å². The smallest absolute Gasteiger partial charge is 0.0664 e. The van der Waals surface area contributed by atoms with Gasteiger partial charge in [0.25, 0.3) is 0 Å². The van der Waals surface area contributed by atoms with Gasteiger partial charge in [-0.3, -0.25) is 0 Å². The first-order valence-corrected chi connectivity index (χ1v) is 2.81.